The fourth-order valence-electron chi connectivity index (χ4n) is 2.41. The molecule has 0 spiro atoms. The number of thiophene rings is 1. The Bertz CT molecular complexity index is 557. The van der Waals surface area contributed by atoms with Crippen LogP contribution < -0.4 is 10.2 Å². The molecule has 0 fully saturated rings. The molecule has 3 heteroatoms. The Morgan fingerprint density at radius 2 is 1.86 bits per heavy atom. The number of benzene rings is 1. The summed E-state index contributed by atoms with van der Waals surface area (Å²) in [6.07, 6.45) is 1.10. The molecule has 2 rings (SSSR count). The number of hydrogen-bond donors (Lipinski definition) is 1. The summed E-state index contributed by atoms with van der Waals surface area (Å²) in [4.78, 5) is 5.19. The zero-order chi connectivity index (χ0) is 15.2. The normalized spacial score (nSPS) is 10.9. The monoisotopic (exact) mass is 302 g/mol. The molecule has 0 unspecified atom stereocenters. The van der Waals surface area contributed by atoms with Gasteiger partial charge in [-0.05, 0) is 49.2 Å². The van der Waals surface area contributed by atoms with Crippen LogP contribution in [0.15, 0.2) is 30.3 Å². The molecule has 0 saturated heterocycles. The molecule has 0 amide bonds. The van der Waals surface area contributed by atoms with Crippen LogP contribution in [0.5, 0.6) is 0 Å². The number of rotatable bonds is 7. The van der Waals surface area contributed by atoms with E-state index < -0.39 is 0 Å². The van der Waals surface area contributed by atoms with Gasteiger partial charge in [-0.25, -0.2) is 0 Å². The Morgan fingerprint density at radius 1 is 1.14 bits per heavy atom. The van der Waals surface area contributed by atoms with Crippen molar-refractivity contribution in [2.24, 2.45) is 0 Å². The van der Waals surface area contributed by atoms with Crippen molar-refractivity contribution >= 4 is 17.0 Å². The first-order valence-electron chi connectivity index (χ1n) is 7.73. The van der Waals surface area contributed by atoms with Gasteiger partial charge in [-0.1, -0.05) is 26.0 Å². The van der Waals surface area contributed by atoms with Crippen molar-refractivity contribution in [3.8, 4) is 0 Å². The summed E-state index contributed by atoms with van der Waals surface area (Å²) in [5.74, 6) is 0. The standard InChI is InChI=1S/C18H26N2S/c1-5-15-7-9-17(10-8-15)20(4)13-16-11-18(12-19-6-2)21-14(16)3/h7-11,19H,5-6,12-13H2,1-4H3. The third kappa shape index (κ3) is 4.32. The largest absolute Gasteiger partial charge is 0.370 e. The Morgan fingerprint density at radius 3 is 2.48 bits per heavy atom. The molecule has 0 aliphatic carbocycles. The van der Waals surface area contributed by atoms with Crippen molar-refractivity contribution in [2.75, 3.05) is 18.5 Å². The molecule has 1 heterocycles. The second kappa shape index (κ2) is 7.62. The van der Waals surface area contributed by atoms with E-state index in [1.807, 2.05) is 11.3 Å². The van der Waals surface area contributed by atoms with Gasteiger partial charge in [0.2, 0.25) is 0 Å². The van der Waals surface area contributed by atoms with Gasteiger partial charge in [-0.3, -0.25) is 0 Å². The number of nitrogens with zero attached hydrogens (tertiary/aromatic N) is 1. The predicted molar refractivity (Wildman–Crippen MR) is 94.4 cm³/mol. The van der Waals surface area contributed by atoms with Gasteiger partial charge in [0.25, 0.3) is 0 Å². The van der Waals surface area contributed by atoms with E-state index in [0.29, 0.717) is 0 Å². The van der Waals surface area contributed by atoms with E-state index in [1.165, 1.54) is 26.6 Å². The zero-order valence-corrected chi connectivity index (χ0v) is 14.4. The van der Waals surface area contributed by atoms with E-state index >= 15 is 0 Å². The third-order valence-corrected chi connectivity index (χ3v) is 4.91. The van der Waals surface area contributed by atoms with Gasteiger partial charge in [-0.2, -0.15) is 0 Å². The van der Waals surface area contributed by atoms with E-state index in [1.54, 1.807) is 0 Å². The summed E-state index contributed by atoms with van der Waals surface area (Å²) in [6, 6.07) is 11.2. The van der Waals surface area contributed by atoms with Gasteiger partial charge in [0, 0.05) is 35.6 Å². The Balaban J connectivity index is 2.04. The highest BCUT2D eigenvalue weighted by Crippen LogP contribution is 2.24. The smallest absolute Gasteiger partial charge is 0.0437 e. The van der Waals surface area contributed by atoms with Crippen LogP contribution in [-0.4, -0.2) is 13.6 Å². The Hall–Kier alpha value is -1.32. The van der Waals surface area contributed by atoms with Gasteiger partial charge >= 0.3 is 0 Å². The third-order valence-electron chi connectivity index (χ3n) is 3.81. The molecule has 0 aliphatic rings. The van der Waals surface area contributed by atoms with Crippen molar-refractivity contribution in [2.45, 2.75) is 40.3 Å². The molecule has 21 heavy (non-hydrogen) atoms. The lowest BCUT2D eigenvalue weighted by Gasteiger charge is -2.19. The van der Waals surface area contributed by atoms with Crippen LogP contribution >= 0.6 is 11.3 Å². The molecular weight excluding hydrogens is 276 g/mol. The van der Waals surface area contributed by atoms with Gasteiger partial charge < -0.3 is 10.2 Å². The van der Waals surface area contributed by atoms with Crippen molar-refractivity contribution in [3.63, 3.8) is 0 Å². The van der Waals surface area contributed by atoms with Gasteiger partial charge in [0.15, 0.2) is 0 Å². The highest BCUT2D eigenvalue weighted by Gasteiger charge is 2.08. The minimum absolute atomic E-state index is 0.972. The lowest BCUT2D eigenvalue weighted by molar-refractivity contribution is 0.735. The Labute approximate surface area is 132 Å². The molecule has 1 aromatic carbocycles. The minimum atomic E-state index is 0.972. The SMILES string of the molecule is CCNCc1cc(CN(C)c2ccc(CC)cc2)c(C)s1. The highest BCUT2D eigenvalue weighted by molar-refractivity contribution is 7.12. The molecule has 1 aromatic heterocycles. The summed E-state index contributed by atoms with van der Waals surface area (Å²) in [5, 5.41) is 3.40. The number of aryl methyl sites for hydroxylation is 2. The number of nitrogens with one attached hydrogen (secondary N) is 1. The first kappa shape index (κ1) is 16.1. The van der Waals surface area contributed by atoms with Crippen molar-refractivity contribution in [3.05, 3.63) is 51.2 Å². The van der Waals surface area contributed by atoms with Crippen LogP contribution in [-0.2, 0) is 19.5 Å². The summed E-state index contributed by atoms with van der Waals surface area (Å²) in [7, 11) is 2.17. The number of anilines is 1. The molecule has 1 N–H and O–H groups in total. The molecule has 0 radical (unpaired) electrons. The summed E-state index contributed by atoms with van der Waals surface area (Å²) >= 11 is 1.91. The second-order valence-corrected chi connectivity index (χ2v) is 6.79. The van der Waals surface area contributed by atoms with Gasteiger partial charge in [0.05, 0.1) is 0 Å². The molecule has 0 bridgehead atoms. The molecule has 0 aliphatic heterocycles. The first-order chi connectivity index (χ1) is 10.1. The van der Waals surface area contributed by atoms with E-state index in [0.717, 1.165) is 26.1 Å². The van der Waals surface area contributed by atoms with E-state index in [4.69, 9.17) is 0 Å². The predicted octanol–water partition coefficient (Wildman–Crippen LogP) is 4.36. The van der Waals surface area contributed by atoms with E-state index in [9.17, 15) is 0 Å². The van der Waals surface area contributed by atoms with Crippen LogP contribution in [0.1, 0.15) is 34.7 Å². The van der Waals surface area contributed by atoms with Crippen LogP contribution in [0.25, 0.3) is 0 Å². The van der Waals surface area contributed by atoms with Crippen LogP contribution in [0.4, 0.5) is 5.69 Å². The zero-order valence-electron chi connectivity index (χ0n) is 13.6. The van der Waals surface area contributed by atoms with Crippen molar-refractivity contribution < 1.29 is 0 Å². The Kier molecular flexibility index (Phi) is 5.83. The van der Waals surface area contributed by atoms with Crippen LogP contribution in [0, 0.1) is 6.92 Å². The average molecular weight is 302 g/mol. The lowest BCUT2D eigenvalue weighted by Crippen LogP contribution is -2.16. The summed E-state index contributed by atoms with van der Waals surface area (Å²) in [6.45, 7) is 9.55. The maximum Gasteiger partial charge on any atom is 0.0437 e. The van der Waals surface area contributed by atoms with Crippen LogP contribution in [0.2, 0.25) is 0 Å². The molecule has 0 atom stereocenters. The van der Waals surface area contributed by atoms with Gasteiger partial charge in [-0.15, -0.1) is 11.3 Å². The minimum Gasteiger partial charge on any atom is -0.370 e. The maximum absolute atomic E-state index is 3.40. The molecule has 114 valence electrons. The van der Waals surface area contributed by atoms with Crippen molar-refractivity contribution in [1.82, 2.24) is 5.32 Å². The lowest BCUT2D eigenvalue weighted by atomic mass is 10.1. The fourth-order valence-corrected chi connectivity index (χ4v) is 3.44. The second-order valence-electron chi connectivity index (χ2n) is 5.45. The average Bonchev–Trinajstić information content (AvgIpc) is 2.85. The quantitative estimate of drug-likeness (QED) is 0.817. The topological polar surface area (TPSA) is 15.3 Å². The molecular formula is C18H26N2S. The van der Waals surface area contributed by atoms with Crippen LogP contribution in [0.3, 0.4) is 0 Å². The molecule has 2 nitrogen and oxygen atoms in total. The molecule has 0 saturated carbocycles. The summed E-state index contributed by atoms with van der Waals surface area (Å²) in [5.41, 5.74) is 4.12. The first-order valence-corrected chi connectivity index (χ1v) is 8.54. The highest BCUT2D eigenvalue weighted by atomic mass is 32.1. The summed E-state index contributed by atoms with van der Waals surface area (Å²) < 4.78 is 0. The van der Waals surface area contributed by atoms with Crippen molar-refractivity contribution in [1.29, 1.82) is 0 Å². The fraction of sp³-hybridized carbons (Fsp3) is 0.444. The molecule has 2 aromatic rings. The van der Waals surface area contributed by atoms with E-state index in [-0.39, 0.29) is 0 Å². The maximum atomic E-state index is 3.40. The number of hydrogen-bond acceptors (Lipinski definition) is 3. The van der Waals surface area contributed by atoms with E-state index in [2.05, 4.69) is 68.4 Å². The van der Waals surface area contributed by atoms with Gasteiger partial charge in [0.1, 0.15) is 0 Å².